The first-order valence-corrected chi connectivity index (χ1v) is 12.2. The number of rotatable bonds is 4. The van der Waals surface area contributed by atoms with Crippen molar-refractivity contribution in [3.8, 4) is 44.9 Å². The Morgan fingerprint density at radius 2 is 0.742 bits per heavy atom. The van der Waals surface area contributed by atoms with Crippen LogP contribution in [0.2, 0.25) is 0 Å². The van der Waals surface area contributed by atoms with Crippen LogP contribution in [0.1, 0.15) is 0 Å². The van der Waals surface area contributed by atoms with E-state index in [2.05, 4.69) is 154 Å². The Labute approximate surface area is 209 Å². The maximum Gasteiger partial charge on any atom is 0.143 e. The number of benzene rings is 4. The summed E-state index contributed by atoms with van der Waals surface area (Å²) >= 11 is 4.68. The molecule has 1 aromatic heterocycles. The fourth-order valence-corrected chi connectivity index (χ4v) is 4.52. The first-order chi connectivity index (χ1) is 15.2. The molecule has 5 rings (SSSR count). The average molecular weight is 624 g/mol. The van der Waals surface area contributed by atoms with Gasteiger partial charge >= 0.3 is 0 Å². The molecule has 0 N–H and O–H groups in total. The van der Waals surface area contributed by atoms with Gasteiger partial charge in [0.05, 0.1) is 0 Å². The molecule has 0 saturated heterocycles. The zero-order chi connectivity index (χ0) is 21.2. The maximum absolute atomic E-state index is 6.70. The van der Waals surface area contributed by atoms with Crippen LogP contribution in [0.3, 0.4) is 0 Å². The Bertz CT molecular complexity index is 1200. The number of halogens is 2. The molecule has 1 heterocycles. The maximum atomic E-state index is 6.70. The van der Waals surface area contributed by atoms with Crippen LogP contribution in [-0.2, 0) is 0 Å². The van der Waals surface area contributed by atoms with Crippen molar-refractivity contribution in [1.29, 1.82) is 0 Å². The van der Waals surface area contributed by atoms with Gasteiger partial charge in [-0.15, -0.1) is 0 Å². The smallest absolute Gasteiger partial charge is 0.143 e. The van der Waals surface area contributed by atoms with E-state index in [-0.39, 0.29) is 0 Å². The molecule has 0 amide bonds. The van der Waals surface area contributed by atoms with Crippen LogP contribution >= 0.6 is 45.2 Å². The Morgan fingerprint density at radius 1 is 0.387 bits per heavy atom. The van der Waals surface area contributed by atoms with Gasteiger partial charge in [-0.25, -0.2) is 0 Å². The van der Waals surface area contributed by atoms with Gasteiger partial charge in [0.25, 0.3) is 0 Å². The summed E-state index contributed by atoms with van der Waals surface area (Å²) in [5.41, 5.74) is 6.70. The fraction of sp³-hybridized carbons (Fsp3) is 0. The lowest BCUT2D eigenvalue weighted by Crippen LogP contribution is -1.86. The van der Waals surface area contributed by atoms with Crippen molar-refractivity contribution in [3.05, 3.63) is 116 Å². The van der Waals surface area contributed by atoms with Crippen molar-refractivity contribution in [2.75, 3.05) is 0 Å². The molecular weight excluding hydrogens is 606 g/mol. The standard InChI is InChI=1S/C28H18I2O/c29-23-15-11-21(12-16-23)27-25(19-7-3-1-4-8-19)26(20-9-5-2-6-10-20)28(31-27)22-13-17-24(30)18-14-22/h1-18H. The van der Waals surface area contributed by atoms with Crippen molar-refractivity contribution in [2.45, 2.75) is 0 Å². The molecule has 4 aromatic carbocycles. The van der Waals surface area contributed by atoms with Crippen LogP contribution in [0.15, 0.2) is 114 Å². The minimum Gasteiger partial charge on any atom is -0.455 e. The second-order valence-electron chi connectivity index (χ2n) is 7.26. The largest absolute Gasteiger partial charge is 0.455 e. The van der Waals surface area contributed by atoms with Gasteiger partial charge in [-0.05, 0) is 80.6 Å². The molecule has 0 atom stereocenters. The molecule has 5 aromatic rings. The van der Waals surface area contributed by atoms with E-state index >= 15 is 0 Å². The molecule has 0 unspecified atom stereocenters. The molecule has 1 nitrogen and oxygen atoms in total. The summed E-state index contributed by atoms with van der Waals surface area (Å²) < 4.78 is 9.11. The van der Waals surface area contributed by atoms with E-state index in [0.29, 0.717) is 0 Å². The van der Waals surface area contributed by atoms with Crippen LogP contribution in [0.25, 0.3) is 44.9 Å². The monoisotopic (exact) mass is 624 g/mol. The van der Waals surface area contributed by atoms with Crippen molar-refractivity contribution in [2.24, 2.45) is 0 Å². The SMILES string of the molecule is Ic1ccc(-c2oc(-c3ccc(I)cc3)c(-c3ccccc3)c2-c2ccccc2)cc1. The third kappa shape index (κ3) is 4.21. The molecule has 0 aliphatic carbocycles. The topological polar surface area (TPSA) is 13.1 Å². The summed E-state index contributed by atoms with van der Waals surface area (Å²) in [7, 11) is 0. The lowest BCUT2D eigenvalue weighted by Gasteiger charge is -2.08. The predicted octanol–water partition coefficient (Wildman–Crippen LogP) is 9.16. The lowest BCUT2D eigenvalue weighted by atomic mass is 9.91. The van der Waals surface area contributed by atoms with Crippen LogP contribution in [0, 0.1) is 7.14 Å². The summed E-state index contributed by atoms with van der Waals surface area (Å²) in [6, 6.07) is 38.1. The molecule has 0 radical (unpaired) electrons. The molecule has 0 spiro atoms. The van der Waals surface area contributed by atoms with E-state index in [9.17, 15) is 0 Å². The molecule has 0 aliphatic heterocycles. The highest BCUT2D eigenvalue weighted by Crippen LogP contribution is 2.48. The van der Waals surface area contributed by atoms with Gasteiger partial charge < -0.3 is 4.42 Å². The molecule has 0 saturated carbocycles. The Hall–Kier alpha value is -2.38. The minimum absolute atomic E-state index is 0.898. The van der Waals surface area contributed by atoms with Gasteiger partial charge in [0, 0.05) is 29.4 Å². The number of hydrogen-bond acceptors (Lipinski definition) is 1. The highest BCUT2D eigenvalue weighted by molar-refractivity contribution is 14.1. The normalized spacial score (nSPS) is 10.9. The molecule has 0 fully saturated rings. The zero-order valence-electron chi connectivity index (χ0n) is 16.6. The van der Waals surface area contributed by atoms with Crippen LogP contribution in [0.4, 0.5) is 0 Å². The zero-order valence-corrected chi connectivity index (χ0v) is 20.9. The second-order valence-corrected chi connectivity index (χ2v) is 9.75. The Kier molecular flexibility index (Phi) is 5.96. The first kappa shape index (κ1) is 20.5. The summed E-state index contributed by atoms with van der Waals surface area (Å²) in [6.45, 7) is 0. The van der Waals surface area contributed by atoms with Gasteiger partial charge in [0.15, 0.2) is 0 Å². The fourth-order valence-electron chi connectivity index (χ4n) is 3.80. The van der Waals surface area contributed by atoms with Crippen LogP contribution < -0.4 is 0 Å². The molecule has 3 heteroatoms. The Morgan fingerprint density at radius 3 is 1.10 bits per heavy atom. The van der Waals surface area contributed by atoms with E-state index in [1.165, 1.54) is 7.14 Å². The highest BCUT2D eigenvalue weighted by Gasteiger charge is 2.24. The van der Waals surface area contributed by atoms with E-state index in [0.717, 1.165) is 44.9 Å². The number of hydrogen-bond donors (Lipinski definition) is 0. The first-order valence-electron chi connectivity index (χ1n) is 10.0. The average Bonchev–Trinajstić information content (AvgIpc) is 3.22. The predicted molar refractivity (Wildman–Crippen MR) is 146 cm³/mol. The third-order valence-electron chi connectivity index (χ3n) is 5.25. The van der Waals surface area contributed by atoms with Crippen LogP contribution in [-0.4, -0.2) is 0 Å². The van der Waals surface area contributed by atoms with Gasteiger partial charge in [0.1, 0.15) is 11.5 Å². The van der Waals surface area contributed by atoms with Crippen molar-refractivity contribution in [3.63, 3.8) is 0 Å². The van der Waals surface area contributed by atoms with Crippen molar-refractivity contribution >= 4 is 45.2 Å². The molecule has 31 heavy (non-hydrogen) atoms. The molecule has 150 valence electrons. The Balaban J connectivity index is 1.87. The summed E-state index contributed by atoms with van der Waals surface area (Å²) in [5, 5.41) is 0. The molecule has 0 bridgehead atoms. The highest BCUT2D eigenvalue weighted by atomic mass is 127. The lowest BCUT2D eigenvalue weighted by molar-refractivity contribution is 0.599. The van der Waals surface area contributed by atoms with Gasteiger partial charge in [-0.1, -0.05) is 84.9 Å². The molecular formula is C28H18I2O. The second kappa shape index (κ2) is 9.01. The van der Waals surface area contributed by atoms with E-state index < -0.39 is 0 Å². The van der Waals surface area contributed by atoms with Gasteiger partial charge in [-0.3, -0.25) is 0 Å². The van der Waals surface area contributed by atoms with E-state index in [1.54, 1.807) is 0 Å². The summed E-state index contributed by atoms with van der Waals surface area (Å²) in [4.78, 5) is 0. The summed E-state index contributed by atoms with van der Waals surface area (Å²) in [6.07, 6.45) is 0. The quantitative estimate of drug-likeness (QED) is 0.182. The van der Waals surface area contributed by atoms with E-state index in [4.69, 9.17) is 4.42 Å². The van der Waals surface area contributed by atoms with Crippen molar-refractivity contribution in [1.82, 2.24) is 0 Å². The number of furan rings is 1. The van der Waals surface area contributed by atoms with Gasteiger partial charge in [0.2, 0.25) is 0 Å². The molecule has 0 aliphatic rings. The summed E-state index contributed by atoms with van der Waals surface area (Å²) in [5.74, 6) is 1.80. The third-order valence-corrected chi connectivity index (χ3v) is 6.68. The van der Waals surface area contributed by atoms with Crippen LogP contribution in [0.5, 0.6) is 0 Å². The minimum atomic E-state index is 0.898. The van der Waals surface area contributed by atoms with E-state index in [1.807, 2.05) is 0 Å². The van der Waals surface area contributed by atoms with Crippen molar-refractivity contribution < 1.29 is 4.42 Å². The van der Waals surface area contributed by atoms with Gasteiger partial charge in [-0.2, -0.15) is 0 Å².